The zero-order valence-electron chi connectivity index (χ0n) is 13.4. The van der Waals surface area contributed by atoms with Gasteiger partial charge in [-0.1, -0.05) is 47.5 Å². The third kappa shape index (κ3) is 3.49. The van der Waals surface area contributed by atoms with Crippen LogP contribution in [0.5, 0.6) is 0 Å². The second kappa shape index (κ2) is 7.32. The van der Waals surface area contributed by atoms with Crippen molar-refractivity contribution in [3.05, 3.63) is 69.2 Å². The number of carbonyl (C=O) groups is 3. The third-order valence-corrected chi connectivity index (χ3v) is 4.70. The number of benzene rings is 2. The quantitative estimate of drug-likeness (QED) is 0.595. The molecule has 26 heavy (non-hydrogen) atoms. The monoisotopic (exact) mass is 388 g/mol. The maximum Gasteiger partial charge on any atom is 0.261 e. The summed E-state index contributed by atoms with van der Waals surface area (Å²) in [5, 5.41) is 11.5. The standard InChI is InChI=1S/C19H13Cl2NO4/c20-15-6-5-11(10-16(15)21)9-14-12-3-1-2-4-13(12)18(25)22(19(14)26)8-7-17(23)24/h1-6,9-10H,7-8H2,(H,23,24)/p-1/b14-9-. The Labute approximate surface area is 159 Å². The highest BCUT2D eigenvalue weighted by atomic mass is 35.5. The molecule has 1 aliphatic rings. The second-order valence-electron chi connectivity index (χ2n) is 5.66. The molecule has 0 aliphatic carbocycles. The van der Waals surface area contributed by atoms with Crippen LogP contribution in [0.2, 0.25) is 10.0 Å². The first kappa shape index (κ1) is 18.2. The molecule has 2 aromatic rings. The molecule has 5 nitrogen and oxygen atoms in total. The van der Waals surface area contributed by atoms with Crippen molar-refractivity contribution in [2.24, 2.45) is 0 Å². The Kier molecular flexibility index (Phi) is 5.11. The first-order chi connectivity index (χ1) is 12.4. The largest absolute Gasteiger partial charge is 0.550 e. The van der Waals surface area contributed by atoms with Crippen LogP contribution in [0.4, 0.5) is 0 Å². The minimum Gasteiger partial charge on any atom is -0.550 e. The molecule has 0 unspecified atom stereocenters. The number of carbonyl (C=O) groups excluding carboxylic acids is 3. The highest BCUT2D eigenvalue weighted by Crippen LogP contribution is 2.31. The lowest BCUT2D eigenvalue weighted by atomic mass is 9.92. The molecule has 0 bridgehead atoms. The van der Waals surface area contributed by atoms with E-state index in [4.69, 9.17) is 23.2 Å². The highest BCUT2D eigenvalue weighted by molar-refractivity contribution is 6.42. The summed E-state index contributed by atoms with van der Waals surface area (Å²) in [5.74, 6) is -2.43. The van der Waals surface area contributed by atoms with E-state index < -0.39 is 24.2 Å². The van der Waals surface area contributed by atoms with Gasteiger partial charge in [-0.2, -0.15) is 0 Å². The molecule has 0 saturated carbocycles. The number of hydrogen-bond donors (Lipinski definition) is 0. The Morgan fingerprint density at radius 3 is 2.35 bits per heavy atom. The molecule has 0 radical (unpaired) electrons. The SMILES string of the molecule is O=C([O-])CCN1C(=O)/C(=C\c2ccc(Cl)c(Cl)c2)c2ccccc2C1=O. The molecule has 3 rings (SSSR count). The molecule has 0 N–H and O–H groups in total. The van der Waals surface area contributed by atoms with E-state index >= 15 is 0 Å². The van der Waals surface area contributed by atoms with E-state index in [9.17, 15) is 19.5 Å². The maximum atomic E-state index is 12.8. The van der Waals surface area contributed by atoms with E-state index in [0.717, 1.165) is 4.90 Å². The van der Waals surface area contributed by atoms with Crippen molar-refractivity contribution in [3.63, 3.8) is 0 Å². The van der Waals surface area contributed by atoms with Gasteiger partial charge >= 0.3 is 0 Å². The molecule has 132 valence electrons. The lowest BCUT2D eigenvalue weighted by molar-refractivity contribution is -0.305. The van der Waals surface area contributed by atoms with Crippen molar-refractivity contribution < 1.29 is 19.5 Å². The Hall–Kier alpha value is -2.63. The molecule has 0 saturated heterocycles. The molecule has 0 aromatic heterocycles. The van der Waals surface area contributed by atoms with Crippen LogP contribution >= 0.6 is 23.2 Å². The lowest BCUT2D eigenvalue weighted by Crippen LogP contribution is -2.43. The average molecular weight is 389 g/mol. The van der Waals surface area contributed by atoms with Gasteiger partial charge in [-0.25, -0.2) is 0 Å². The lowest BCUT2D eigenvalue weighted by Gasteiger charge is -2.28. The fourth-order valence-electron chi connectivity index (χ4n) is 2.72. The van der Waals surface area contributed by atoms with Crippen molar-refractivity contribution in [1.29, 1.82) is 0 Å². The van der Waals surface area contributed by atoms with Crippen LogP contribution in [0, 0.1) is 0 Å². The Balaban J connectivity index is 2.09. The Morgan fingerprint density at radius 2 is 1.69 bits per heavy atom. The number of imide groups is 1. The fraction of sp³-hybridized carbons (Fsp3) is 0.105. The number of carboxylic acid groups (broad SMARTS) is 1. The normalized spacial score (nSPS) is 15.3. The summed E-state index contributed by atoms with van der Waals surface area (Å²) in [6.07, 6.45) is 1.17. The van der Waals surface area contributed by atoms with Crippen LogP contribution in [0.25, 0.3) is 11.6 Å². The van der Waals surface area contributed by atoms with Crippen molar-refractivity contribution in [2.45, 2.75) is 6.42 Å². The summed E-state index contributed by atoms with van der Waals surface area (Å²) in [7, 11) is 0. The Morgan fingerprint density at radius 1 is 1.00 bits per heavy atom. The number of rotatable bonds is 4. The highest BCUT2D eigenvalue weighted by Gasteiger charge is 2.34. The molecule has 0 atom stereocenters. The average Bonchev–Trinajstić information content (AvgIpc) is 2.61. The number of amides is 2. The molecule has 0 spiro atoms. The van der Waals surface area contributed by atoms with Gasteiger partial charge in [0, 0.05) is 30.1 Å². The van der Waals surface area contributed by atoms with E-state index in [0.29, 0.717) is 26.7 Å². The smallest absolute Gasteiger partial charge is 0.261 e. The van der Waals surface area contributed by atoms with Crippen molar-refractivity contribution in [1.82, 2.24) is 4.90 Å². The van der Waals surface area contributed by atoms with Crippen LogP contribution in [0.1, 0.15) is 27.9 Å². The van der Waals surface area contributed by atoms with Gasteiger partial charge in [0.1, 0.15) is 0 Å². The maximum absolute atomic E-state index is 12.8. The van der Waals surface area contributed by atoms with E-state index in [-0.39, 0.29) is 12.1 Å². The van der Waals surface area contributed by atoms with Crippen LogP contribution in [-0.4, -0.2) is 29.2 Å². The molecule has 1 aliphatic heterocycles. The predicted octanol–water partition coefficient (Wildman–Crippen LogP) is 2.66. The third-order valence-electron chi connectivity index (χ3n) is 3.96. The summed E-state index contributed by atoms with van der Waals surface area (Å²) in [6.45, 7) is -0.257. The zero-order valence-corrected chi connectivity index (χ0v) is 14.9. The molecule has 2 aromatic carbocycles. The first-order valence-corrected chi connectivity index (χ1v) is 8.46. The van der Waals surface area contributed by atoms with Crippen molar-refractivity contribution in [3.8, 4) is 0 Å². The van der Waals surface area contributed by atoms with E-state index in [1.54, 1.807) is 48.5 Å². The van der Waals surface area contributed by atoms with Crippen LogP contribution in [-0.2, 0) is 9.59 Å². The molecular weight excluding hydrogens is 377 g/mol. The van der Waals surface area contributed by atoms with Gasteiger partial charge < -0.3 is 9.90 Å². The van der Waals surface area contributed by atoms with Gasteiger partial charge in [0.15, 0.2) is 0 Å². The summed E-state index contributed by atoms with van der Waals surface area (Å²) in [5.41, 5.74) is 1.72. The number of halogens is 2. The van der Waals surface area contributed by atoms with Gasteiger partial charge in [-0.05, 0) is 35.4 Å². The summed E-state index contributed by atoms with van der Waals surface area (Å²) >= 11 is 11.9. The van der Waals surface area contributed by atoms with Crippen LogP contribution in [0.15, 0.2) is 42.5 Å². The second-order valence-corrected chi connectivity index (χ2v) is 6.48. The predicted molar refractivity (Wildman–Crippen MR) is 96.4 cm³/mol. The van der Waals surface area contributed by atoms with Crippen LogP contribution in [0.3, 0.4) is 0 Å². The molecule has 2 amide bonds. The number of carboxylic acids is 1. The number of nitrogens with zero attached hydrogens (tertiary/aromatic N) is 1. The van der Waals surface area contributed by atoms with Gasteiger partial charge in [0.25, 0.3) is 11.8 Å². The molecule has 1 heterocycles. The van der Waals surface area contributed by atoms with E-state index in [1.165, 1.54) is 0 Å². The summed E-state index contributed by atoms with van der Waals surface area (Å²) in [6, 6.07) is 11.6. The minimum atomic E-state index is -1.33. The number of aliphatic carboxylic acids is 1. The summed E-state index contributed by atoms with van der Waals surface area (Å²) in [4.78, 5) is 37.1. The van der Waals surface area contributed by atoms with E-state index in [1.807, 2.05) is 0 Å². The minimum absolute atomic E-state index is 0.257. The van der Waals surface area contributed by atoms with Gasteiger partial charge in [-0.15, -0.1) is 0 Å². The van der Waals surface area contributed by atoms with Gasteiger partial charge in [0.2, 0.25) is 0 Å². The van der Waals surface area contributed by atoms with Crippen LogP contribution < -0.4 is 5.11 Å². The van der Waals surface area contributed by atoms with Crippen molar-refractivity contribution in [2.75, 3.05) is 6.54 Å². The topological polar surface area (TPSA) is 77.5 Å². The van der Waals surface area contributed by atoms with Crippen molar-refractivity contribution >= 4 is 52.6 Å². The fourth-order valence-corrected chi connectivity index (χ4v) is 3.02. The molecule has 7 heteroatoms. The number of hydrogen-bond acceptors (Lipinski definition) is 4. The zero-order chi connectivity index (χ0) is 18.8. The van der Waals surface area contributed by atoms with E-state index in [2.05, 4.69) is 0 Å². The number of fused-ring (bicyclic) bond motifs is 1. The van der Waals surface area contributed by atoms with Gasteiger partial charge in [0.05, 0.1) is 10.0 Å². The molecule has 0 fully saturated rings. The molecular formula is C19H12Cl2NO4-. The summed E-state index contributed by atoms with van der Waals surface area (Å²) < 4.78 is 0. The Bertz CT molecular complexity index is 952. The first-order valence-electron chi connectivity index (χ1n) is 7.70. The van der Waals surface area contributed by atoms with Gasteiger partial charge in [-0.3, -0.25) is 14.5 Å².